The molecule has 5 nitrogen and oxygen atoms in total. The average Bonchev–Trinajstić information content (AvgIpc) is 3.05. The predicted molar refractivity (Wildman–Crippen MR) is 87.4 cm³/mol. The van der Waals surface area contributed by atoms with Crippen molar-refractivity contribution in [3.8, 4) is 0 Å². The minimum absolute atomic E-state index is 0.107. The number of thiophene rings is 1. The molecule has 0 saturated heterocycles. The molecule has 0 saturated carbocycles. The Kier molecular flexibility index (Phi) is 5.33. The summed E-state index contributed by atoms with van der Waals surface area (Å²) in [5.41, 5.74) is 0.480. The SMILES string of the molecule is CCN(Cc1cccs1)C(=O)c1ccc(S(=O)(=O)NC)cc1. The maximum atomic E-state index is 12.5. The van der Waals surface area contributed by atoms with Crippen LogP contribution in [-0.2, 0) is 16.6 Å². The normalized spacial score (nSPS) is 11.4. The third kappa shape index (κ3) is 3.73. The molecule has 22 heavy (non-hydrogen) atoms. The molecule has 2 rings (SSSR count). The zero-order chi connectivity index (χ0) is 16.2. The van der Waals surface area contributed by atoms with Gasteiger partial charge < -0.3 is 4.90 Å². The van der Waals surface area contributed by atoms with E-state index in [1.165, 1.54) is 19.2 Å². The molecule has 1 aromatic carbocycles. The second kappa shape index (κ2) is 7.04. The average molecular weight is 338 g/mol. The Morgan fingerprint density at radius 2 is 1.91 bits per heavy atom. The van der Waals surface area contributed by atoms with Crippen LogP contribution in [0, 0.1) is 0 Å². The highest BCUT2D eigenvalue weighted by atomic mass is 32.2. The Morgan fingerprint density at radius 1 is 1.23 bits per heavy atom. The van der Waals surface area contributed by atoms with Gasteiger partial charge in [-0.25, -0.2) is 13.1 Å². The maximum absolute atomic E-state index is 12.5. The lowest BCUT2D eigenvalue weighted by Crippen LogP contribution is -2.30. The summed E-state index contributed by atoms with van der Waals surface area (Å²) in [6, 6.07) is 9.92. The topological polar surface area (TPSA) is 66.5 Å². The fourth-order valence-corrected chi connectivity index (χ4v) is 3.44. The van der Waals surface area contributed by atoms with Crippen molar-refractivity contribution in [1.29, 1.82) is 0 Å². The highest BCUT2D eigenvalue weighted by molar-refractivity contribution is 7.89. The highest BCUT2D eigenvalue weighted by Gasteiger charge is 2.17. The van der Waals surface area contributed by atoms with Gasteiger partial charge in [0.1, 0.15) is 0 Å². The molecule has 1 heterocycles. The summed E-state index contributed by atoms with van der Waals surface area (Å²) in [6.07, 6.45) is 0. The predicted octanol–water partition coefficient (Wildman–Crippen LogP) is 2.32. The minimum Gasteiger partial charge on any atom is -0.334 e. The van der Waals surface area contributed by atoms with Gasteiger partial charge in [0.2, 0.25) is 10.0 Å². The monoisotopic (exact) mass is 338 g/mol. The van der Waals surface area contributed by atoms with Crippen molar-refractivity contribution < 1.29 is 13.2 Å². The van der Waals surface area contributed by atoms with Crippen molar-refractivity contribution in [3.63, 3.8) is 0 Å². The van der Waals surface area contributed by atoms with Gasteiger partial charge in [0.25, 0.3) is 5.91 Å². The number of carbonyl (C=O) groups excluding carboxylic acids is 1. The molecular formula is C15H18N2O3S2. The molecule has 1 amide bonds. The van der Waals surface area contributed by atoms with Crippen molar-refractivity contribution in [2.24, 2.45) is 0 Å². The van der Waals surface area contributed by atoms with Crippen molar-refractivity contribution in [1.82, 2.24) is 9.62 Å². The van der Waals surface area contributed by atoms with Crippen LogP contribution in [0.3, 0.4) is 0 Å². The first-order valence-corrected chi connectivity index (χ1v) is 9.19. The molecule has 1 N–H and O–H groups in total. The quantitative estimate of drug-likeness (QED) is 0.879. The number of nitrogens with one attached hydrogen (secondary N) is 1. The number of benzene rings is 1. The molecule has 0 unspecified atom stereocenters. The van der Waals surface area contributed by atoms with E-state index >= 15 is 0 Å². The van der Waals surface area contributed by atoms with Gasteiger partial charge in [0.05, 0.1) is 11.4 Å². The lowest BCUT2D eigenvalue weighted by molar-refractivity contribution is 0.0754. The van der Waals surface area contributed by atoms with Crippen molar-refractivity contribution in [3.05, 3.63) is 52.2 Å². The van der Waals surface area contributed by atoms with Gasteiger partial charge in [-0.05, 0) is 49.7 Å². The molecule has 7 heteroatoms. The Hall–Kier alpha value is -1.70. The molecule has 0 atom stereocenters. The fraction of sp³-hybridized carbons (Fsp3) is 0.267. The number of rotatable bonds is 6. The molecule has 0 radical (unpaired) electrons. The molecular weight excluding hydrogens is 320 g/mol. The van der Waals surface area contributed by atoms with Crippen LogP contribution in [0.2, 0.25) is 0 Å². The van der Waals surface area contributed by atoms with Crippen LogP contribution in [-0.4, -0.2) is 32.8 Å². The molecule has 2 aromatic rings. The van der Waals surface area contributed by atoms with Gasteiger partial charge in [0, 0.05) is 17.0 Å². The fourth-order valence-electron chi connectivity index (χ4n) is 1.99. The summed E-state index contributed by atoms with van der Waals surface area (Å²) in [4.78, 5) is 15.5. The number of sulfonamides is 1. The molecule has 0 aliphatic carbocycles. The van der Waals surface area contributed by atoms with Crippen LogP contribution in [0.4, 0.5) is 0 Å². The molecule has 0 spiro atoms. The van der Waals surface area contributed by atoms with Gasteiger partial charge in [0.15, 0.2) is 0 Å². The Balaban J connectivity index is 2.17. The Labute approximate surface area is 134 Å². The van der Waals surface area contributed by atoms with Crippen molar-refractivity contribution in [2.45, 2.75) is 18.4 Å². The standard InChI is InChI=1S/C15H18N2O3S2/c1-3-17(11-13-5-4-10-21-13)15(18)12-6-8-14(9-7-12)22(19,20)16-2/h4-10,16H,3,11H2,1-2H3. The third-order valence-electron chi connectivity index (χ3n) is 3.28. The van der Waals surface area contributed by atoms with E-state index in [0.29, 0.717) is 18.7 Å². The summed E-state index contributed by atoms with van der Waals surface area (Å²) in [7, 11) is -2.13. The van der Waals surface area contributed by atoms with Gasteiger partial charge in [-0.1, -0.05) is 6.07 Å². The highest BCUT2D eigenvalue weighted by Crippen LogP contribution is 2.16. The largest absolute Gasteiger partial charge is 0.334 e. The molecule has 118 valence electrons. The minimum atomic E-state index is -3.48. The molecule has 0 fully saturated rings. The number of carbonyl (C=O) groups is 1. The lowest BCUT2D eigenvalue weighted by Gasteiger charge is -2.20. The van der Waals surface area contributed by atoms with E-state index in [-0.39, 0.29) is 10.8 Å². The van der Waals surface area contributed by atoms with Crippen molar-refractivity contribution in [2.75, 3.05) is 13.6 Å². The van der Waals surface area contributed by atoms with Crippen LogP contribution in [0.15, 0.2) is 46.7 Å². The first-order valence-electron chi connectivity index (χ1n) is 6.83. The van der Waals surface area contributed by atoms with Crippen LogP contribution in [0.25, 0.3) is 0 Å². The third-order valence-corrected chi connectivity index (χ3v) is 5.57. The molecule has 0 aliphatic rings. The zero-order valence-electron chi connectivity index (χ0n) is 12.4. The second-order valence-corrected chi connectivity index (χ2v) is 7.55. The molecule has 0 aliphatic heterocycles. The van der Waals surface area contributed by atoms with Crippen molar-refractivity contribution >= 4 is 27.3 Å². The summed E-state index contributed by atoms with van der Waals surface area (Å²) in [6.45, 7) is 3.07. The number of nitrogens with zero attached hydrogens (tertiary/aromatic N) is 1. The summed E-state index contributed by atoms with van der Waals surface area (Å²) in [5.74, 6) is -0.107. The van der Waals surface area contributed by atoms with Gasteiger partial charge in [-0.15, -0.1) is 11.3 Å². The van der Waals surface area contributed by atoms with E-state index < -0.39 is 10.0 Å². The lowest BCUT2D eigenvalue weighted by atomic mass is 10.2. The first-order chi connectivity index (χ1) is 10.5. The van der Waals surface area contributed by atoms with Crippen LogP contribution < -0.4 is 4.72 Å². The summed E-state index contributed by atoms with van der Waals surface area (Å²) in [5, 5.41) is 1.98. The summed E-state index contributed by atoms with van der Waals surface area (Å²) >= 11 is 1.61. The van der Waals surface area contributed by atoms with Gasteiger partial charge in [-0.2, -0.15) is 0 Å². The van der Waals surface area contributed by atoms with Crippen LogP contribution in [0.1, 0.15) is 22.2 Å². The van der Waals surface area contributed by atoms with E-state index in [9.17, 15) is 13.2 Å². The summed E-state index contributed by atoms with van der Waals surface area (Å²) < 4.78 is 25.6. The van der Waals surface area contributed by atoms with E-state index in [2.05, 4.69) is 4.72 Å². The number of amides is 1. The Bertz CT molecular complexity index is 723. The maximum Gasteiger partial charge on any atom is 0.254 e. The van der Waals surface area contributed by atoms with Crippen LogP contribution in [0.5, 0.6) is 0 Å². The smallest absolute Gasteiger partial charge is 0.254 e. The van der Waals surface area contributed by atoms with E-state index in [1.807, 2.05) is 24.4 Å². The van der Waals surface area contributed by atoms with Crippen LogP contribution >= 0.6 is 11.3 Å². The second-order valence-electron chi connectivity index (χ2n) is 4.63. The van der Waals surface area contributed by atoms with Gasteiger partial charge >= 0.3 is 0 Å². The van der Waals surface area contributed by atoms with Gasteiger partial charge in [-0.3, -0.25) is 4.79 Å². The zero-order valence-corrected chi connectivity index (χ0v) is 14.1. The number of hydrogen-bond donors (Lipinski definition) is 1. The van der Waals surface area contributed by atoms with E-state index in [0.717, 1.165) is 4.88 Å². The Morgan fingerprint density at radius 3 is 2.41 bits per heavy atom. The van der Waals surface area contributed by atoms with E-state index in [1.54, 1.807) is 28.4 Å². The molecule has 0 bridgehead atoms. The first kappa shape index (κ1) is 16.7. The number of hydrogen-bond acceptors (Lipinski definition) is 4. The van der Waals surface area contributed by atoms with E-state index in [4.69, 9.17) is 0 Å². The molecule has 1 aromatic heterocycles.